The summed E-state index contributed by atoms with van der Waals surface area (Å²) in [5.74, 6) is 0. The molecule has 0 aromatic carbocycles. The van der Waals surface area contributed by atoms with Crippen LogP contribution in [0.15, 0.2) is 12.3 Å². The third-order valence-electron chi connectivity index (χ3n) is 1.71. The molecular formula is C9H13ClN2. The second-order valence-corrected chi connectivity index (χ2v) is 3.95. The maximum atomic E-state index is 5.87. The van der Waals surface area contributed by atoms with Gasteiger partial charge in [-0.15, -0.1) is 0 Å². The molecule has 1 heterocycles. The summed E-state index contributed by atoms with van der Waals surface area (Å²) >= 11 is 5.83. The fourth-order valence-electron chi connectivity index (χ4n) is 0.892. The molecule has 0 aliphatic heterocycles. The summed E-state index contributed by atoms with van der Waals surface area (Å²) in [5, 5.41) is 0.683. The fraction of sp³-hybridized carbons (Fsp3) is 0.444. The minimum atomic E-state index is -0.394. The highest BCUT2D eigenvalue weighted by molar-refractivity contribution is 6.31. The van der Waals surface area contributed by atoms with Gasteiger partial charge in [-0.25, -0.2) is 0 Å². The van der Waals surface area contributed by atoms with Gasteiger partial charge in [0.15, 0.2) is 0 Å². The lowest BCUT2D eigenvalue weighted by Gasteiger charge is -2.18. The lowest BCUT2D eigenvalue weighted by molar-refractivity contribution is 0.535. The SMILES string of the molecule is Cc1cc(C(C)(C)N)ncc1Cl. The Balaban J connectivity index is 3.14. The summed E-state index contributed by atoms with van der Waals surface area (Å²) < 4.78 is 0. The van der Waals surface area contributed by atoms with Crippen molar-refractivity contribution in [2.45, 2.75) is 26.3 Å². The Morgan fingerprint density at radius 1 is 1.50 bits per heavy atom. The Kier molecular flexibility index (Phi) is 2.40. The zero-order chi connectivity index (χ0) is 9.35. The molecule has 0 fully saturated rings. The van der Waals surface area contributed by atoms with Crippen molar-refractivity contribution in [1.82, 2.24) is 4.98 Å². The van der Waals surface area contributed by atoms with Crippen molar-refractivity contribution >= 4 is 11.6 Å². The van der Waals surface area contributed by atoms with E-state index >= 15 is 0 Å². The summed E-state index contributed by atoms with van der Waals surface area (Å²) in [6.45, 7) is 5.78. The molecule has 0 atom stereocenters. The molecule has 0 aliphatic rings. The van der Waals surface area contributed by atoms with Gasteiger partial charge in [-0.1, -0.05) is 11.6 Å². The van der Waals surface area contributed by atoms with E-state index in [0.29, 0.717) is 5.02 Å². The first kappa shape index (κ1) is 9.49. The zero-order valence-electron chi connectivity index (χ0n) is 7.56. The summed E-state index contributed by atoms with van der Waals surface area (Å²) in [5.41, 5.74) is 7.36. The third kappa shape index (κ3) is 1.96. The van der Waals surface area contributed by atoms with E-state index in [2.05, 4.69) is 4.98 Å². The number of nitrogens with two attached hydrogens (primary N) is 1. The van der Waals surface area contributed by atoms with Crippen molar-refractivity contribution in [3.05, 3.63) is 28.5 Å². The average molecular weight is 185 g/mol. The largest absolute Gasteiger partial charge is 0.321 e. The Bertz CT molecular complexity index is 289. The quantitative estimate of drug-likeness (QED) is 0.727. The molecule has 66 valence electrons. The molecule has 0 amide bonds. The van der Waals surface area contributed by atoms with Crippen molar-refractivity contribution in [2.75, 3.05) is 0 Å². The van der Waals surface area contributed by atoms with Gasteiger partial charge in [0.1, 0.15) is 0 Å². The van der Waals surface area contributed by atoms with E-state index in [-0.39, 0.29) is 0 Å². The number of nitrogens with zero attached hydrogens (tertiary/aromatic N) is 1. The van der Waals surface area contributed by atoms with Gasteiger partial charge in [0, 0.05) is 6.20 Å². The van der Waals surface area contributed by atoms with Crippen molar-refractivity contribution in [1.29, 1.82) is 0 Å². The maximum Gasteiger partial charge on any atom is 0.0618 e. The number of hydrogen-bond donors (Lipinski definition) is 1. The lowest BCUT2D eigenvalue weighted by Crippen LogP contribution is -2.29. The van der Waals surface area contributed by atoms with Crippen LogP contribution in [0.3, 0.4) is 0 Å². The van der Waals surface area contributed by atoms with Crippen LogP contribution in [0.25, 0.3) is 0 Å². The molecule has 0 aliphatic carbocycles. The second kappa shape index (κ2) is 3.04. The standard InChI is InChI=1S/C9H13ClN2/c1-6-4-8(9(2,3)11)12-5-7(6)10/h4-5H,11H2,1-3H3. The van der Waals surface area contributed by atoms with Gasteiger partial charge in [-0.05, 0) is 32.4 Å². The van der Waals surface area contributed by atoms with Crippen LogP contribution in [0.1, 0.15) is 25.1 Å². The van der Waals surface area contributed by atoms with Crippen LogP contribution in [0.2, 0.25) is 5.02 Å². The predicted octanol–water partition coefficient (Wildman–Crippen LogP) is 2.24. The highest BCUT2D eigenvalue weighted by Crippen LogP contribution is 2.19. The van der Waals surface area contributed by atoms with Gasteiger partial charge in [-0.3, -0.25) is 4.98 Å². The smallest absolute Gasteiger partial charge is 0.0618 e. The van der Waals surface area contributed by atoms with Crippen molar-refractivity contribution in [3.63, 3.8) is 0 Å². The van der Waals surface area contributed by atoms with Gasteiger partial charge < -0.3 is 5.73 Å². The average Bonchev–Trinajstić information content (AvgIpc) is 1.92. The second-order valence-electron chi connectivity index (χ2n) is 3.54. The van der Waals surface area contributed by atoms with E-state index in [4.69, 9.17) is 17.3 Å². The van der Waals surface area contributed by atoms with Crippen LogP contribution in [0, 0.1) is 6.92 Å². The monoisotopic (exact) mass is 184 g/mol. The van der Waals surface area contributed by atoms with E-state index in [1.54, 1.807) is 6.20 Å². The van der Waals surface area contributed by atoms with E-state index in [9.17, 15) is 0 Å². The zero-order valence-corrected chi connectivity index (χ0v) is 8.31. The van der Waals surface area contributed by atoms with Gasteiger partial charge >= 0.3 is 0 Å². The summed E-state index contributed by atoms with van der Waals surface area (Å²) in [6.07, 6.45) is 1.64. The van der Waals surface area contributed by atoms with Gasteiger partial charge in [-0.2, -0.15) is 0 Å². The Hall–Kier alpha value is -0.600. The molecule has 12 heavy (non-hydrogen) atoms. The van der Waals surface area contributed by atoms with E-state index in [0.717, 1.165) is 11.3 Å². The highest BCUT2D eigenvalue weighted by Gasteiger charge is 2.15. The molecule has 0 saturated heterocycles. The van der Waals surface area contributed by atoms with Crippen molar-refractivity contribution < 1.29 is 0 Å². The van der Waals surface area contributed by atoms with Gasteiger partial charge in [0.2, 0.25) is 0 Å². The van der Waals surface area contributed by atoms with Crippen LogP contribution in [-0.2, 0) is 5.54 Å². The molecular weight excluding hydrogens is 172 g/mol. The van der Waals surface area contributed by atoms with Crippen LogP contribution >= 0.6 is 11.6 Å². The molecule has 0 radical (unpaired) electrons. The lowest BCUT2D eigenvalue weighted by atomic mass is 10.0. The third-order valence-corrected chi connectivity index (χ3v) is 2.10. The molecule has 0 unspecified atom stereocenters. The van der Waals surface area contributed by atoms with Gasteiger partial charge in [0.25, 0.3) is 0 Å². The number of aromatic nitrogens is 1. The first-order valence-corrected chi connectivity index (χ1v) is 4.20. The minimum Gasteiger partial charge on any atom is -0.321 e. The Morgan fingerprint density at radius 3 is 2.50 bits per heavy atom. The van der Waals surface area contributed by atoms with Gasteiger partial charge in [0.05, 0.1) is 16.3 Å². The highest BCUT2D eigenvalue weighted by atomic mass is 35.5. The number of rotatable bonds is 1. The molecule has 1 rings (SSSR count). The van der Waals surface area contributed by atoms with Crippen LogP contribution in [0.5, 0.6) is 0 Å². The minimum absolute atomic E-state index is 0.394. The summed E-state index contributed by atoms with van der Waals surface area (Å²) in [6, 6.07) is 1.92. The first-order valence-electron chi connectivity index (χ1n) is 3.83. The molecule has 2 nitrogen and oxygen atoms in total. The van der Waals surface area contributed by atoms with Crippen LogP contribution in [0.4, 0.5) is 0 Å². The maximum absolute atomic E-state index is 5.87. The molecule has 0 saturated carbocycles. The van der Waals surface area contributed by atoms with Crippen LogP contribution in [-0.4, -0.2) is 4.98 Å². The number of halogens is 1. The number of pyridine rings is 1. The summed E-state index contributed by atoms with van der Waals surface area (Å²) in [4.78, 5) is 4.15. The predicted molar refractivity (Wildman–Crippen MR) is 51.2 cm³/mol. The van der Waals surface area contributed by atoms with E-state index in [1.807, 2.05) is 26.8 Å². The number of aryl methyl sites for hydroxylation is 1. The molecule has 2 N–H and O–H groups in total. The molecule has 1 aromatic rings. The normalized spacial score (nSPS) is 11.8. The molecule has 0 bridgehead atoms. The van der Waals surface area contributed by atoms with Crippen LogP contribution < -0.4 is 5.73 Å². The van der Waals surface area contributed by atoms with E-state index in [1.165, 1.54) is 0 Å². The fourth-order valence-corrected chi connectivity index (χ4v) is 0.995. The number of hydrogen-bond acceptors (Lipinski definition) is 2. The topological polar surface area (TPSA) is 38.9 Å². The van der Waals surface area contributed by atoms with Crippen molar-refractivity contribution in [3.8, 4) is 0 Å². The molecule has 1 aromatic heterocycles. The molecule has 0 spiro atoms. The molecule has 3 heteroatoms. The summed E-state index contributed by atoms with van der Waals surface area (Å²) in [7, 11) is 0. The van der Waals surface area contributed by atoms with E-state index < -0.39 is 5.54 Å². The Labute approximate surface area is 77.8 Å². The van der Waals surface area contributed by atoms with Crippen molar-refractivity contribution in [2.24, 2.45) is 5.73 Å². The Morgan fingerprint density at radius 2 is 2.08 bits per heavy atom. The first-order chi connectivity index (χ1) is 5.41.